The van der Waals surface area contributed by atoms with Gasteiger partial charge in [0.25, 0.3) is 0 Å². The van der Waals surface area contributed by atoms with Gasteiger partial charge in [0.1, 0.15) is 19.3 Å². The number of aliphatic hydroxyl groups is 1. The summed E-state index contributed by atoms with van der Waals surface area (Å²) in [5.74, 6) is 0.309. The SMILES string of the molecule is CCCCCCCCCCCCCCC(=O)OC[C@H](COP(=O)(O)OC[C@H](O)COP(=O)(O)OC[C@@H](COC(=O)CCCCCCCCCCCCCCCC(C)C)OC(=O)CCCCCCCCCCCCCCCCCCCCC(C)C)OC(=O)CCCCCCCCCCCCC(C)CC. The van der Waals surface area contributed by atoms with Crippen molar-refractivity contribution in [1.29, 1.82) is 0 Å². The van der Waals surface area contributed by atoms with Crippen molar-refractivity contribution in [2.45, 2.75) is 458 Å². The lowest BCUT2D eigenvalue weighted by Gasteiger charge is -2.21. The Kier molecular flexibility index (Phi) is 72.8. The fourth-order valence-corrected chi connectivity index (χ4v) is 14.6. The van der Waals surface area contributed by atoms with E-state index in [4.69, 9.17) is 37.0 Å². The van der Waals surface area contributed by atoms with Gasteiger partial charge in [0, 0.05) is 25.7 Å². The van der Waals surface area contributed by atoms with E-state index in [9.17, 15) is 43.2 Å². The Bertz CT molecular complexity index is 1990. The molecule has 103 heavy (non-hydrogen) atoms. The first kappa shape index (κ1) is 101. The van der Waals surface area contributed by atoms with Gasteiger partial charge in [0.15, 0.2) is 12.2 Å². The molecule has 0 aromatic carbocycles. The van der Waals surface area contributed by atoms with Crippen LogP contribution in [0, 0.1) is 17.8 Å². The summed E-state index contributed by atoms with van der Waals surface area (Å²) in [7, 11) is -9.93. The number of hydrogen-bond acceptors (Lipinski definition) is 15. The van der Waals surface area contributed by atoms with Crippen molar-refractivity contribution >= 4 is 39.5 Å². The third-order valence-electron chi connectivity index (χ3n) is 20.0. The molecule has 0 saturated heterocycles. The molecule has 0 amide bonds. The van der Waals surface area contributed by atoms with Crippen molar-refractivity contribution in [3.8, 4) is 0 Å². The number of carbonyl (C=O) groups excluding carboxylic acids is 4. The van der Waals surface area contributed by atoms with E-state index in [0.717, 1.165) is 108 Å². The Balaban J connectivity index is 5.25. The molecule has 0 aliphatic heterocycles. The Morgan fingerprint density at radius 1 is 0.282 bits per heavy atom. The van der Waals surface area contributed by atoms with E-state index in [1.807, 2.05) is 0 Å². The van der Waals surface area contributed by atoms with Gasteiger partial charge in [-0.3, -0.25) is 37.3 Å². The highest BCUT2D eigenvalue weighted by Gasteiger charge is 2.30. The molecule has 19 heteroatoms. The number of ether oxygens (including phenoxy) is 4. The van der Waals surface area contributed by atoms with Gasteiger partial charge < -0.3 is 33.8 Å². The van der Waals surface area contributed by atoms with Gasteiger partial charge in [-0.2, -0.15) is 0 Å². The second-order valence-corrected chi connectivity index (χ2v) is 34.3. The predicted molar refractivity (Wildman–Crippen MR) is 423 cm³/mol. The number of phosphoric acid groups is 2. The number of aliphatic hydroxyl groups excluding tert-OH is 1. The number of phosphoric ester groups is 2. The average molecular weight is 1510 g/mol. The molecule has 0 aromatic rings. The monoisotopic (exact) mass is 1510 g/mol. The minimum absolute atomic E-state index is 0.107. The molecule has 0 spiro atoms. The van der Waals surface area contributed by atoms with Gasteiger partial charge in [-0.05, 0) is 43.4 Å². The lowest BCUT2D eigenvalue weighted by atomic mass is 9.99. The molecule has 0 bridgehead atoms. The van der Waals surface area contributed by atoms with Crippen LogP contribution in [0.25, 0.3) is 0 Å². The Morgan fingerprint density at radius 3 is 0.738 bits per heavy atom. The second kappa shape index (κ2) is 74.2. The molecule has 0 rings (SSSR count). The summed E-state index contributed by atoms with van der Waals surface area (Å²) in [5.41, 5.74) is 0. The zero-order valence-corrected chi connectivity index (χ0v) is 69.6. The van der Waals surface area contributed by atoms with E-state index >= 15 is 0 Å². The molecule has 6 atom stereocenters. The topological polar surface area (TPSA) is 237 Å². The summed E-state index contributed by atoms with van der Waals surface area (Å²) in [5, 5.41) is 10.7. The Labute approximate surface area is 632 Å². The fraction of sp³-hybridized carbons (Fsp3) is 0.952. The van der Waals surface area contributed by atoms with Gasteiger partial charge in [-0.25, -0.2) is 9.13 Å². The van der Waals surface area contributed by atoms with Crippen LogP contribution in [-0.4, -0.2) is 96.7 Å². The van der Waals surface area contributed by atoms with Gasteiger partial charge in [0.05, 0.1) is 26.4 Å². The summed E-state index contributed by atoms with van der Waals surface area (Å²) in [4.78, 5) is 73.2. The molecule has 0 radical (unpaired) electrons. The predicted octanol–water partition coefficient (Wildman–Crippen LogP) is 25.3. The smallest absolute Gasteiger partial charge is 0.462 e. The molecule has 0 aliphatic carbocycles. The van der Waals surface area contributed by atoms with Crippen molar-refractivity contribution in [1.82, 2.24) is 0 Å². The molecule has 17 nitrogen and oxygen atoms in total. The summed E-state index contributed by atoms with van der Waals surface area (Å²) in [6, 6.07) is 0. The highest BCUT2D eigenvalue weighted by atomic mass is 31.2. The number of hydrogen-bond donors (Lipinski definition) is 3. The van der Waals surface area contributed by atoms with Gasteiger partial charge >= 0.3 is 39.5 Å². The maximum absolute atomic E-state index is 13.1. The molecule has 3 unspecified atom stereocenters. The minimum Gasteiger partial charge on any atom is -0.462 e. The lowest BCUT2D eigenvalue weighted by molar-refractivity contribution is -0.161. The minimum atomic E-state index is -4.96. The highest BCUT2D eigenvalue weighted by Crippen LogP contribution is 2.45. The zero-order chi connectivity index (χ0) is 75.8. The molecule has 0 aromatic heterocycles. The van der Waals surface area contributed by atoms with Crippen LogP contribution in [0.4, 0.5) is 0 Å². The first-order valence-electron chi connectivity index (χ1n) is 43.4. The Hall–Kier alpha value is -1.94. The van der Waals surface area contributed by atoms with Crippen molar-refractivity contribution in [2.24, 2.45) is 17.8 Å². The average Bonchev–Trinajstić information content (AvgIpc) is 0.953. The standard InChI is InChI=1S/C84H164O17P2/c1-8-10-11-12-13-14-15-29-37-44-51-58-65-81(86)94-72-80(101-84(89)68-61-54-47-40-33-32-36-43-50-57-64-77(7)9-2)74-99-103(92,93)97-70-78(85)69-96-102(90,91)98-73-79(71-95-82(87)66-59-52-45-38-30-26-22-24-28-35-42-49-56-63-76(5)6)100-83(88)67-60-53-46-39-31-25-21-19-17-16-18-20-23-27-34-41-48-55-62-75(3)4/h75-80,85H,8-74H2,1-7H3,(H,90,91)(H,92,93)/t77?,78-,79-,80-/m1/s1. The number of carbonyl (C=O) groups is 4. The van der Waals surface area contributed by atoms with Crippen LogP contribution >= 0.6 is 15.6 Å². The summed E-state index contributed by atoms with van der Waals surface area (Å²) >= 11 is 0. The molecular weight excluding hydrogens is 1340 g/mol. The van der Waals surface area contributed by atoms with E-state index in [0.29, 0.717) is 25.7 Å². The third-order valence-corrected chi connectivity index (χ3v) is 21.9. The van der Waals surface area contributed by atoms with Crippen molar-refractivity contribution < 1.29 is 80.2 Å². The lowest BCUT2D eigenvalue weighted by Crippen LogP contribution is -2.30. The van der Waals surface area contributed by atoms with Crippen LogP contribution in [0.2, 0.25) is 0 Å². The van der Waals surface area contributed by atoms with E-state index < -0.39 is 97.5 Å². The van der Waals surface area contributed by atoms with Gasteiger partial charge in [-0.1, -0.05) is 389 Å². The van der Waals surface area contributed by atoms with Crippen LogP contribution in [0.3, 0.4) is 0 Å². The quantitative estimate of drug-likeness (QED) is 0.0222. The number of unbranched alkanes of at least 4 members (excludes halogenated alkanes) is 49. The van der Waals surface area contributed by atoms with Gasteiger partial charge in [-0.15, -0.1) is 0 Å². The molecule has 0 fully saturated rings. The van der Waals surface area contributed by atoms with E-state index in [1.165, 1.54) is 250 Å². The van der Waals surface area contributed by atoms with Crippen molar-refractivity contribution in [3.05, 3.63) is 0 Å². The van der Waals surface area contributed by atoms with Crippen LogP contribution in [-0.2, 0) is 65.4 Å². The Morgan fingerprint density at radius 2 is 0.495 bits per heavy atom. The molecule has 0 heterocycles. The first-order valence-corrected chi connectivity index (χ1v) is 46.4. The highest BCUT2D eigenvalue weighted by molar-refractivity contribution is 7.47. The maximum Gasteiger partial charge on any atom is 0.472 e. The molecule has 612 valence electrons. The van der Waals surface area contributed by atoms with Crippen LogP contribution in [0.5, 0.6) is 0 Å². The largest absolute Gasteiger partial charge is 0.472 e. The van der Waals surface area contributed by atoms with Crippen LogP contribution < -0.4 is 0 Å². The summed E-state index contributed by atoms with van der Waals surface area (Å²) in [6.45, 7) is 12.0. The molecular formula is C84H164O17P2. The van der Waals surface area contributed by atoms with Crippen LogP contribution in [0.1, 0.15) is 440 Å². The van der Waals surface area contributed by atoms with Crippen molar-refractivity contribution in [3.63, 3.8) is 0 Å². The van der Waals surface area contributed by atoms with E-state index in [2.05, 4.69) is 48.5 Å². The molecule has 0 saturated carbocycles. The first-order chi connectivity index (χ1) is 49.8. The fourth-order valence-electron chi connectivity index (χ4n) is 13.0. The van der Waals surface area contributed by atoms with E-state index in [-0.39, 0.29) is 25.7 Å². The van der Waals surface area contributed by atoms with Crippen molar-refractivity contribution in [2.75, 3.05) is 39.6 Å². The number of rotatable bonds is 82. The van der Waals surface area contributed by atoms with Crippen LogP contribution in [0.15, 0.2) is 0 Å². The number of esters is 4. The summed E-state index contributed by atoms with van der Waals surface area (Å²) in [6.07, 6.45) is 63.7. The maximum atomic E-state index is 13.1. The molecule has 0 aliphatic rings. The van der Waals surface area contributed by atoms with E-state index in [1.54, 1.807) is 0 Å². The van der Waals surface area contributed by atoms with Gasteiger partial charge in [0.2, 0.25) is 0 Å². The second-order valence-electron chi connectivity index (χ2n) is 31.4. The molecule has 3 N–H and O–H groups in total. The summed E-state index contributed by atoms with van der Waals surface area (Å²) < 4.78 is 68.8. The third kappa shape index (κ3) is 76.6. The zero-order valence-electron chi connectivity index (χ0n) is 67.8. The normalized spacial score (nSPS) is 14.2.